The highest BCUT2D eigenvalue weighted by Gasteiger charge is 2.50. The van der Waals surface area contributed by atoms with Crippen molar-refractivity contribution >= 4 is 47.6 Å². The predicted molar refractivity (Wildman–Crippen MR) is 200 cm³/mol. The maximum Gasteiger partial charge on any atom is 0.413 e. The first-order valence-electron chi connectivity index (χ1n) is 17.0. The molecule has 5 rings (SSSR count). The fourth-order valence-electron chi connectivity index (χ4n) is 6.58. The summed E-state index contributed by atoms with van der Waals surface area (Å²) in [5.74, 6) is 1.31. The second kappa shape index (κ2) is 16.3. The van der Waals surface area contributed by atoms with E-state index in [4.69, 9.17) is 18.9 Å². The molecule has 1 amide bonds. The molecule has 0 fully saturated rings. The summed E-state index contributed by atoms with van der Waals surface area (Å²) in [6.07, 6.45) is 3.48. The average molecular weight is 697 g/mol. The number of rotatable bonds is 15. The molecule has 5 aromatic rings. The van der Waals surface area contributed by atoms with E-state index < -0.39 is 14.4 Å². The summed E-state index contributed by atoms with van der Waals surface area (Å²) in [4.78, 5) is 21.5. The van der Waals surface area contributed by atoms with Crippen LogP contribution in [0, 0.1) is 0 Å². The molecule has 11 nitrogen and oxygen atoms in total. The van der Waals surface area contributed by atoms with Crippen molar-refractivity contribution < 1.29 is 23.8 Å². The molecule has 12 heteroatoms. The lowest BCUT2D eigenvalue weighted by molar-refractivity contribution is 0.186. The van der Waals surface area contributed by atoms with E-state index in [-0.39, 0.29) is 23.6 Å². The molecule has 0 spiro atoms. The van der Waals surface area contributed by atoms with Crippen LogP contribution >= 0.6 is 0 Å². The van der Waals surface area contributed by atoms with E-state index in [1.54, 1.807) is 18.0 Å². The van der Waals surface area contributed by atoms with E-state index in [2.05, 4.69) is 96.9 Å². The fourth-order valence-corrected chi connectivity index (χ4v) is 11.2. The Morgan fingerprint density at radius 3 is 2.22 bits per heavy atom. The summed E-state index contributed by atoms with van der Waals surface area (Å²) in [6, 6.07) is 26.8. The van der Waals surface area contributed by atoms with Crippen LogP contribution < -0.4 is 25.7 Å². The van der Waals surface area contributed by atoms with Crippen molar-refractivity contribution in [1.29, 1.82) is 0 Å². The lowest BCUT2D eigenvalue weighted by Gasteiger charge is -2.43. The van der Waals surface area contributed by atoms with Crippen LogP contribution in [0.1, 0.15) is 58.1 Å². The quantitative estimate of drug-likeness (QED) is 0.111. The minimum Gasteiger partial charge on any atom is -0.496 e. The van der Waals surface area contributed by atoms with Gasteiger partial charge in [-0.15, -0.1) is 0 Å². The summed E-state index contributed by atoms with van der Waals surface area (Å²) in [7, 11) is 0.185. The predicted octanol–water partition coefficient (Wildman–Crippen LogP) is 6.10. The van der Waals surface area contributed by atoms with E-state index in [0.717, 1.165) is 24.0 Å². The number of benzene rings is 3. The van der Waals surface area contributed by atoms with Gasteiger partial charge in [0.2, 0.25) is 5.95 Å². The van der Waals surface area contributed by atoms with Gasteiger partial charge in [-0.1, -0.05) is 101 Å². The second-order valence-corrected chi connectivity index (χ2v) is 17.6. The third-order valence-corrected chi connectivity index (χ3v) is 14.0. The smallest absolute Gasteiger partial charge is 0.413 e. The fraction of sp³-hybridized carbons (Fsp3) is 0.368. The number of methoxy groups -OCH3 is 2. The summed E-state index contributed by atoms with van der Waals surface area (Å²) < 4.78 is 19.5. The number of aliphatic hydroxyl groups is 1. The number of ether oxygens (including phenoxy) is 2. The van der Waals surface area contributed by atoms with Crippen molar-refractivity contribution in [1.82, 2.24) is 19.7 Å². The zero-order valence-corrected chi connectivity index (χ0v) is 30.8. The van der Waals surface area contributed by atoms with Gasteiger partial charge in [0.15, 0.2) is 5.82 Å². The molecule has 0 radical (unpaired) electrons. The molecule has 1 atom stereocenters. The van der Waals surface area contributed by atoms with E-state index in [9.17, 15) is 9.90 Å². The zero-order valence-electron chi connectivity index (χ0n) is 29.8. The number of hydrogen-bond acceptors (Lipinski definition) is 9. The lowest BCUT2D eigenvalue weighted by Crippen LogP contribution is -2.66. The molecule has 0 bridgehead atoms. The van der Waals surface area contributed by atoms with Crippen LogP contribution in [-0.2, 0) is 22.3 Å². The SMILES string of the molecule is CCC[C@@H](CCO[Si](c1ccccc1)(c1ccccc1)C(C)(C)C)Nc1nc(NC(=O)OC)nc2cnn(Cc3cc(CO)ccc3OC)c12. The maximum absolute atomic E-state index is 12.2. The summed E-state index contributed by atoms with van der Waals surface area (Å²) in [5, 5.41) is 23.1. The number of nitrogens with zero attached hydrogens (tertiary/aromatic N) is 4. The van der Waals surface area contributed by atoms with Gasteiger partial charge in [-0.2, -0.15) is 10.1 Å². The molecule has 0 aliphatic carbocycles. The standard InChI is InChI=1S/C38H48N6O5Si/c1-7-14-29(21-22-49-50(38(2,3)4,30-15-10-8-11-16-30)31-17-12-9-13-18-31)40-35-34-32(41-36(42-35)43-37(46)48-6)24-39-44(34)25-28-23-27(26-45)19-20-33(28)47-5/h8-13,15-20,23-24,29,45H,7,14,21-22,25-26H2,1-6H3,(H2,40,41,42,43,46)/t29-/m0/s1. The van der Waals surface area contributed by atoms with Crippen LogP contribution in [0.3, 0.4) is 0 Å². The van der Waals surface area contributed by atoms with E-state index >= 15 is 0 Å². The minimum absolute atomic E-state index is 0.0158. The summed E-state index contributed by atoms with van der Waals surface area (Å²) >= 11 is 0. The molecule has 0 saturated heterocycles. The number of carbonyl (C=O) groups is 1. The van der Waals surface area contributed by atoms with Gasteiger partial charge >= 0.3 is 6.09 Å². The Morgan fingerprint density at radius 2 is 1.64 bits per heavy atom. The maximum atomic E-state index is 12.2. The highest BCUT2D eigenvalue weighted by Crippen LogP contribution is 2.37. The van der Waals surface area contributed by atoms with Crippen LogP contribution in [0.25, 0.3) is 11.0 Å². The summed E-state index contributed by atoms with van der Waals surface area (Å²) in [6.45, 7) is 9.77. The van der Waals surface area contributed by atoms with Crippen LogP contribution in [0.5, 0.6) is 5.75 Å². The zero-order chi connectivity index (χ0) is 35.7. The van der Waals surface area contributed by atoms with Crippen molar-refractivity contribution in [2.75, 3.05) is 31.5 Å². The Labute approximate surface area is 295 Å². The number of carbonyl (C=O) groups excluding carboxylic acids is 1. The Kier molecular flexibility index (Phi) is 11.9. The Hall–Kier alpha value is -4.78. The molecule has 0 saturated carbocycles. The number of nitrogens with one attached hydrogen (secondary N) is 2. The Morgan fingerprint density at radius 1 is 0.960 bits per heavy atom. The van der Waals surface area contributed by atoms with Gasteiger partial charge in [0.05, 0.1) is 33.6 Å². The van der Waals surface area contributed by atoms with Gasteiger partial charge in [0.1, 0.15) is 16.8 Å². The van der Waals surface area contributed by atoms with E-state index in [1.165, 1.54) is 17.5 Å². The van der Waals surface area contributed by atoms with Gasteiger partial charge in [-0.25, -0.2) is 9.78 Å². The first kappa shape index (κ1) is 36.5. The molecule has 3 aromatic carbocycles. The highest BCUT2D eigenvalue weighted by atomic mass is 28.4. The van der Waals surface area contributed by atoms with Crippen molar-refractivity contribution in [2.45, 2.75) is 71.2 Å². The van der Waals surface area contributed by atoms with Crippen LogP contribution in [0.4, 0.5) is 16.6 Å². The number of amides is 1. The molecule has 264 valence electrons. The third kappa shape index (κ3) is 7.98. The second-order valence-electron chi connectivity index (χ2n) is 13.3. The van der Waals surface area contributed by atoms with E-state index in [0.29, 0.717) is 42.2 Å². The van der Waals surface area contributed by atoms with Crippen LogP contribution in [0.15, 0.2) is 85.1 Å². The topological polar surface area (TPSA) is 133 Å². The minimum atomic E-state index is -2.72. The van der Waals surface area contributed by atoms with Crippen molar-refractivity contribution in [3.05, 3.63) is 96.2 Å². The van der Waals surface area contributed by atoms with Crippen molar-refractivity contribution in [3.63, 3.8) is 0 Å². The van der Waals surface area contributed by atoms with Gasteiger partial charge in [0.25, 0.3) is 8.32 Å². The monoisotopic (exact) mass is 696 g/mol. The number of anilines is 2. The Bertz CT molecular complexity index is 1820. The molecular formula is C38H48N6O5Si. The molecule has 2 aromatic heterocycles. The molecule has 50 heavy (non-hydrogen) atoms. The summed E-state index contributed by atoms with van der Waals surface area (Å²) in [5.41, 5.74) is 2.83. The number of aromatic nitrogens is 4. The van der Waals surface area contributed by atoms with Gasteiger partial charge < -0.3 is 24.3 Å². The number of hydrogen-bond donors (Lipinski definition) is 3. The normalized spacial score (nSPS) is 12.5. The molecule has 2 heterocycles. The number of fused-ring (bicyclic) bond motifs is 1. The third-order valence-electron chi connectivity index (χ3n) is 8.91. The van der Waals surface area contributed by atoms with Gasteiger partial charge in [0, 0.05) is 18.2 Å². The van der Waals surface area contributed by atoms with Crippen molar-refractivity contribution in [3.8, 4) is 5.75 Å². The average Bonchev–Trinajstić information content (AvgIpc) is 3.52. The number of aliphatic hydroxyl groups excluding tert-OH is 1. The largest absolute Gasteiger partial charge is 0.496 e. The first-order chi connectivity index (χ1) is 24.1. The van der Waals surface area contributed by atoms with Crippen LogP contribution in [-0.4, -0.2) is 66.1 Å². The lowest BCUT2D eigenvalue weighted by atomic mass is 10.1. The van der Waals surface area contributed by atoms with Gasteiger partial charge in [-0.05, 0) is 45.9 Å². The van der Waals surface area contributed by atoms with E-state index in [1.807, 2.05) is 30.3 Å². The molecular weight excluding hydrogens is 649 g/mol. The molecule has 0 unspecified atom stereocenters. The van der Waals surface area contributed by atoms with Crippen molar-refractivity contribution in [2.24, 2.45) is 0 Å². The molecule has 0 aliphatic rings. The molecule has 3 N–H and O–H groups in total. The van der Waals surface area contributed by atoms with Crippen LogP contribution in [0.2, 0.25) is 5.04 Å². The van der Waals surface area contributed by atoms with Gasteiger partial charge in [-0.3, -0.25) is 10.00 Å². The highest BCUT2D eigenvalue weighted by molar-refractivity contribution is 6.99. The molecule has 0 aliphatic heterocycles. The first-order valence-corrected chi connectivity index (χ1v) is 18.9. The Balaban J connectivity index is 1.49.